The quantitative estimate of drug-likeness (QED) is 0.839. The van der Waals surface area contributed by atoms with Gasteiger partial charge < -0.3 is 4.90 Å². The topological polar surface area (TPSA) is 25.2 Å². The lowest BCUT2D eigenvalue weighted by molar-refractivity contribution is 0.187. The Morgan fingerprint density at radius 2 is 2.00 bits per heavy atom. The van der Waals surface area contributed by atoms with Crippen LogP contribution in [0.4, 0.5) is 0 Å². The number of rotatable bonds is 5. The number of thiazole rings is 1. The molecule has 1 aliphatic rings. The molecule has 0 aliphatic carbocycles. The lowest BCUT2D eigenvalue weighted by atomic mass is 9.99. The van der Waals surface area contributed by atoms with Gasteiger partial charge in [-0.1, -0.05) is 37.7 Å². The number of fused-ring (bicyclic) bond motifs is 1. The molecule has 0 amide bonds. The Bertz CT molecular complexity index is 680. The van der Waals surface area contributed by atoms with E-state index in [9.17, 15) is 4.79 Å². The maximum absolute atomic E-state index is 12.3. The number of aryl methyl sites for hydroxylation is 1. The van der Waals surface area contributed by atoms with E-state index in [2.05, 4.69) is 36.9 Å². The summed E-state index contributed by atoms with van der Waals surface area (Å²) in [5.74, 6) is 0.859. The van der Waals surface area contributed by atoms with Crippen molar-refractivity contribution in [3.8, 4) is 0 Å². The smallest absolute Gasteiger partial charge is 0.302 e. The highest BCUT2D eigenvalue weighted by atomic mass is 32.1. The summed E-state index contributed by atoms with van der Waals surface area (Å²) < 4.78 is 3.11. The normalized spacial score (nSPS) is 17.4. The van der Waals surface area contributed by atoms with Crippen LogP contribution in [0, 0.1) is 5.92 Å². The molecule has 4 heteroatoms. The summed E-state index contributed by atoms with van der Waals surface area (Å²) in [6.07, 6.45) is 4.82. The van der Waals surface area contributed by atoms with E-state index < -0.39 is 0 Å². The zero-order chi connectivity index (χ0) is 15.5. The molecule has 0 atom stereocenters. The predicted molar refractivity (Wildman–Crippen MR) is 94.9 cm³/mol. The fourth-order valence-corrected chi connectivity index (χ4v) is 4.27. The number of aromatic nitrogens is 1. The number of benzene rings is 1. The molecule has 0 radical (unpaired) electrons. The Labute approximate surface area is 136 Å². The molecule has 3 nitrogen and oxygen atoms in total. The molecule has 2 heterocycles. The number of likely N-dealkylation sites (tertiary alicyclic amines) is 1. The summed E-state index contributed by atoms with van der Waals surface area (Å²) >= 11 is 1.39. The van der Waals surface area contributed by atoms with Gasteiger partial charge in [-0.25, -0.2) is 0 Å². The highest BCUT2D eigenvalue weighted by Gasteiger charge is 2.16. The van der Waals surface area contributed by atoms with Crippen LogP contribution in [0.3, 0.4) is 0 Å². The fourth-order valence-electron chi connectivity index (χ4n) is 3.29. The largest absolute Gasteiger partial charge is 0.308 e. The van der Waals surface area contributed by atoms with Crippen LogP contribution >= 0.6 is 11.3 Å². The molecule has 120 valence electrons. The summed E-state index contributed by atoms with van der Waals surface area (Å²) in [5.41, 5.74) is 2.45. The molecule has 0 saturated carbocycles. The van der Waals surface area contributed by atoms with Crippen molar-refractivity contribution in [2.45, 2.75) is 46.1 Å². The zero-order valence-corrected chi connectivity index (χ0v) is 14.5. The van der Waals surface area contributed by atoms with Gasteiger partial charge in [0.25, 0.3) is 0 Å². The van der Waals surface area contributed by atoms with Gasteiger partial charge in [0.05, 0.1) is 10.2 Å². The molecular weight excluding hydrogens is 292 g/mol. The molecule has 0 N–H and O–H groups in total. The van der Waals surface area contributed by atoms with E-state index in [-0.39, 0.29) is 4.87 Å². The van der Waals surface area contributed by atoms with Crippen LogP contribution < -0.4 is 4.87 Å². The van der Waals surface area contributed by atoms with E-state index in [4.69, 9.17) is 0 Å². The first kappa shape index (κ1) is 15.8. The molecule has 1 fully saturated rings. The van der Waals surface area contributed by atoms with Crippen LogP contribution in [0.2, 0.25) is 0 Å². The highest BCUT2D eigenvalue weighted by molar-refractivity contribution is 7.16. The highest BCUT2D eigenvalue weighted by Crippen LogP contribution is 2.21. The van der Waals surface area contributed by atoms with Crippen molar-refractivity contribution < 1.29 is 0 Å². The van der Waals surface area contributed by atoms with Crippen LogP contribution in [0.1, 0.15) is 38.7 Å². The molecule has 0 bridgehead atoms. The van der Waals surface area contributed by atoms with E-state index in [0.29, 0.717) is 0 Å². The van der Waals surface area contributed by atoms with Gasteiger partial charge in [-0.15, -0.1) is 0 Å². The summed E-state index contributed by atoms with van der Waals surface area (Å²) in [5, 5.41) is 0. The maximum Gasteiger partial charge on any atom is 0.308 e. The van der Waals surface area contributed by atoms with Crippen molar-refractivity contribution >= 4 is 21.6 Å². The van der Waals surface area contributed by atoms with Crippen LogP contribution in [0.5, 0.6) is 0 Å². The molecule has 1 aromatic heterocycles. The average molecular weight is 318 g/mol. The Kier molecular flexibility index (Phi) is 4.99. The minimum atomic E-state index is 0.189. The van der Waals surface area contributed by atoms with Gasteiger partial charge >= 0.3 is 4.87 Å². The van der Waals surface area contributed by atoms with Crippen molar-refractivity contribution in [2.24, 2.45) is 5.92 Å². The Balaban J connectivity index is 1.73. The summed E-state index contributed by atoms with van der Waals surface area (Å²) in [7, 11) is 0. The van der Waals surface area contributed by atoms with Crippen LogP contribution in [-0.4, -0.2) is 29.1 Å². The van der Waals surface area contributed by atoms with E-state index in [0.717, 1.165) is 42.1 Å². The van der Waals surface area contributed by atoms with Crippen LogP contribution in [-0.2, 0) is 13.0 Å². The number of piperidine rings is 1. The first-order valence-electron chi connectivity index (χ1n) is 8.52. The molecule has 1 aliphatic heterocycles. The van der Waals surface area contributed by atoms with Gasteiger partial charge in [0.1, 0.15) is 0 Å². The lowest BCUT2D eigenvalue weighted by Gasteiger charge is -2.30. The van der Waals surface area contributed by atoms with Gasteiger partial charge in [0, 0.05) is 13.1 Å². The average Bonchev–Trinajstić information content (AvgIpc) is 2.82. The van der Waals surface area contributed by atoms with Crippen LogP contribution in [0.15, 0.2) is 23.0 Å². The summed E-state index contributed by atoms with van der Waals surface area (Å²) in [6, 6.07) is 6.51. The second-order valence-corrected chi connectivity index (χ2v) is 7.59. The SMILES string of the molecule is CCCc1ccc2c(c1)sc(=O)n2CCN1CCC(C)CC1. The van der Waals surface area contributed by atoms with E-state index in [1.165, 1.54) is 42.8 Å². The third-order valence-corrected chi connectivity index (χ3v) is 5.73. The lowest BCUT2D eigenvalue weighted by Crippen LogP contribution is -2.36. The number of nitrogens with zero attached hydrogens (tertiary/aromatic N) is 2. The van der Waals surface area contributed by atoms with E-state index in [1.54, 1.807) is 0 Å². The van der Waals surface area contributed by atoms with Gasteiger partial charge in [0.15, 0.2) is 0 Å². The predicted octanol–water partition coefficient (Wildman–Crippen LogP) is 3.75. The first-order chi connectivity index (χ1) is 10.7. The third kappa shape index (κ3) is 3.44. The monoisotopic (exact) mass is 318 g/mol. The second-order valence-electron chi connectivity index (χ2n) is 6.60. The Morgan fingerprint density at radius 1 is 1.23 bits per heavy atom. The third-order valence-electron chi connectivity index (χ3n) is 4.79. The molecule has 1 aromatic carbocycles. The van der Waals surface area contributed by atoms with Gasteiger partial charge in [-0.05, 0) is 56.0 Å². The van der Waals surface area contributed by atoms with Crippen molar-refractivity contribution in [2.75, 3.05) is 19.6 Å². The standard InChI is InChI=1S/C18H26N2OS/c1-3-4-15-5-6-16-17(13-15)22-18(21)20(16)12-11-19-9-7-14(2)8-10-19/h5-6,13-14H,3-4,7-12H2,1-2H3. The summed E-state index contributed by atoms with van der Waals surface area (Å²) in [4.78, 5) is 15.0. The molecular formula is C18H26N2OS. The summed E-state index contributed by atoms with van der Waals surface area (Å²) in [6.45, 7) is 8.70. The van der Waals surface area contributed by atoms with E-state index in [1.807, 2.05) is 4.57 Å². The van der Waals surface area contributed by atoms with Crippen molar-refractivity contribution in [3.63, 3.8) is 0 Å². The molecule has 2 aromatic rings. The van der Waals surface area contributed by atoms with Gasteiger partial charge in [-0.3, -0.25) is 9.36 Å². The van der Waals surface area contributed by atoms with Gasteiger partial charge in [0.2, 0.25) is 0 Å². The van der Waals surface area contributed by atoms with Crippen molar-refractivity contribution in [1.29, 1.82) is 0 Å². The fraction of sp³-hybridized carbons (Fsp3) is 0.611. The molecule has 22 heavy (non-hydrogen) atoms. The second kappa shape index (κ2) is 6.97. The molecule has 1 saturated heterocycles. The minimum absolute atomic E-state index is 0.189. The van der Waals surface area contributed by atoms with Crippen LogP contribution in [0.25, 0.3) is 10.2 Å². The molecule has 0 unspecified atom stereocenters. The maximum atomic E-state index is 12.3. The van der Waals surface area contributed by atoms with E-state index >= 15 is 0 Å². The van der Waals surface area contributed by atoms with Gasteiger partial charge in [-0.2, -0.15) is 0 Å². The minimum Gasteiger partial charge on any atom is -0.302 e. The van der Waals surface area contributed by atoms with Crippen molar-refractivity contribution in [3.05, 3.63) is 33.4 Å². The molecule has 0 spiro atoms. The molecule has 3 rings (SSSR count). The number of hydrogen-bond acceptors (Lipinski definition) is 3. The number of hydrogen-bond donors (Lipinski definition) is 0. The Morgan fingerprint density at radius 3 is 2.73 bits per heavy atom. The first-order valence-corrected chi connectivity index (χ1v) is 9.33. The van der Waals surface area contributed by atoms with Crippen molar-refractivity contribution in [1.82, 2.24) is 9.47 Å². The zero-order valence-electron chi connectivity index (χ0n) is 13.7. The Hall–Kier alpha value is -1.13.